The summed E-state index contributed by atoms with van der Waals surface area (Å²) in [6.45, 7) is 3.91. The number of ether oxygens (including phenoxy) is 1. The number of halogens is 1. The molecule has 0 fully saturated rings. The Morgan fingerprint density at radius 2 is 1.82 bits per heavy atom. The van der Waals surface area contributed by atoms with E-state index in [1.54, 1.807) is 24.0 Å². The Hall–Kier alpha value is -2.33. The molecule has 0 radical (unpaired) electrons. The smallest absolute Gasteiger partial charge is 0.258 e. The Labute approximate surface area is 206 Å². The molecule has 0 aliphatic carbocycles. The minimum Gasteiger partial charge on any atom is -0.488 e. The van der Waals surface area contributed by atoms with Crippen LogP contribution in [0, 0.1) is 5.92 Å². The zero-order chi connectivity index (χ0) is 25.2. The number of rotatable bonds is 7. The number of anilines is 1. The number of amides is 1. The van der Waals surface area contributed by atoms with Crippen molar-refractivity contribution in [1.82, 2.24) is 9.21 Å². The third-order valence-corrected chi connectivity index (χ3v) is 8.21. The monoisotopic (exact) mass is 509 g/mol. The minimum absolute atomic E-state index is 0.0799. The van der Waals surface area contributed by atoms with E-state index in [4.69, 9.17) is 16.3 Å². The van der Waals surface area contributed by atoms with Crippen molar-refractivity contribution in [1.29, 1.82) is 0 Å². The molecular weight excluding hydrogens is 478 g/mol. The van der Waals surface area contributed by atoms with Crippen molar-refractivity contribution in [2.24, 2.45) is 5.92 Å². The Balaban J connectivity index is 1.97. The van der Waals surface area contributed by atoms with Gasteiger partial charge in [0.1, 0.15) is 11.9 Å². The lowest BCUT2D eigenvalue weighted by atomic mass is 9.99. The molecule has 0 aromatic heterocycles. The van der Waals surface area contributed by atoms with Gasteiger partial charge < -0.3 is 19.6 Å². The summed E-state index contributed by atoms with van der Waals surface area (Å²) in [5.74, 6) is -0.0465. The van der Waals surface area contributed by atoms with Crippen LogP contribution in [0.1, 0.15) is 24.2 Å². The molecule has 8 nitrogen and oxygen atoms in total. The minimum atomic E-state index is -3.77. The Morgan fingerprint density at radius 3 is 2.41 bits per heavy atom. The van der Waals surface area contributed by atoms with Gasteiger partial charge in [-0.1, -0.05) is 18.5 Å². The van der Waals surface area contributed by atoms with Crippen molar-refractivity contribution in [2.75, 3.05) is 45.7 Å². The van der Waals surface area contributed by atoms with Crippen LogP contribution in [0.3, 0.4) is 0 Å². The van der Waals surface area contributed by atoms with E-state index in [1.807, 2.05) is 32.0 Å². The summed E-state index contributed by atoms with van der Waals surface area (Å²) in [5.41, 5.74) is 1.21. The van der Waals surface area contributed by atoms with Gasteiger partial charge in [0.05, 0.1) is 29.7 Å². The van der Waals surface area contributed by atoms with E-state index < -0.39 is 22.2 Å². The number of sulfonamides is 1. The van der Waals surface area contributed by atoms with E-state index in [0.29, 0.717) is 22.9 Å². The normalized spacial score (nSPS) is 19.8. The maximum absolute atomic E-state index is 13.4. The fraction of sp³-hybridized carbons (Fsp3) is 0.458. The van der Waals surface area contributed by atoms with E-state index in [0.717, 1.165) is 5.69 Å². The zero-order valence-corrected chi connectivity index (χ0v) is 21.7. The highest BCUT2D eigenvalue weighted by Crippen LogP contribution is 2.31. The molecule has 0 spiro atoms. The number of carbonyl (C=O) groups is 1. The average Bonchev–Trinajstić information content (AvgIpc) is 2.80. The SMILES string of the molecule is C[C@@H]1CN([C@@H](C)CO)C(=O)c2cc(N(C)C)ccc2O[C@H]1CN(C)S(=O)(=O)c1ccc(Cl)cc1. The predicted octanol–water partition coefficient (Wildman–Crippen LogP) is 2.95. The van der Waals surface area contributed by atoms with Gasteiger partial charge in [-0.15, -0.1) is 0 Å². The second-order valence-corrected chi connectivity index (χ2v) is 11.4. The summed E-state index contributed by atoms with van der Waals surface area (Å²) in [4.78, 5) is 17.1. The molecule has 1 amide bonds. The maximum Gasteiger partial charge on any atom is 0.258 e. The van der Waals surface area contributed by atoms with Gasteiger partial charge in [-0.25, -0.2) is 8.42 Å². The molecule has 0 unspecified atom stereocenters. The first-order valence-electron chi connectivity index (χ1n) is 11.1. The van der Waals surface area contributed by atoms with Crippen molar-refractivity contribution in [2.45, 2.75) is 30.9 Å². The molecule has 0 saturated carbocycles. The molecule has 34 heavy (non-hydrogen) atoms. The topological polar surface area (TPSA) is 90.4 Å². The van der Waals surface area contributed by atoms with Crippen molar-refractivity contribution in [3.63, 3.8) is 0 Å². The van der Waals surface area contributed by atoms with Crippen LogP contribution in [0.5, 0.6) is 5.75 Å². The lowest BCUT2D eigenvalue weighted by molar-refractivity contribution is 0.0387. The summed E-state index contributed by atoms with van der Waals surface area (Å²) in [6, 6.07) is 11.0. The van der Waals surface area contributed by atoms with Crippen molar-refractivity contribution in [3.8, 4) is 5.75 Å². The number of aliphatic hydroxyl groups is 1. The number of fused-ring (bicyclic) bond motifs is 1. The largest absolute Gasteiger partial charge is 0.488 e. The highest BCUT2D eigenvalue weighted by molar-refractivity contribution is 7.89. The molecule has 1 heterocycles. The Kier molecular flexibility index (Phi) is 8.13. The van der Waals surface area contributed by atoms with E-state index in [9.17, 15) is 18.3 Å². The van der Waals surface area contributed by atoms with Gasteiger partial charge in [0, 0.05) is 44.3 Å². The average molecular weight is 510 g/mol. The van der Waals surface area contributed by atoms with Crippen molar-refractivity contribution < 1.29 is 23.1 Å². The fourth-order valence-electron chi connectivity index (χ4n) is 3.84. The van der Waals surface area contributed by atoms with Gasteiger partial charge >= 0.3 is 0 Å². The summed E-state index contributed by atoms with van der Waals surface area (Å²) >= 11 is 5.91. The molecule has 186 valence electrons. The number of hydrogen-bond acceptors (Lipinski definition) is 6. The molecule has 2 aromatic carbocycles. The summed E-state index contributed by atoms with van der Waals surface area (Å²) < 4.78 is 33.8. The molecule has 3 atom stereocenters. The third kappa shape index (κ3) is 5.49. The van der Waals surface area contributed by atoms with Crippen LogP contribution in [0.15, 0.2) is 47.4 Å². The second-order valence-electron chi connectivity index (χ2n) is 8.94. The molecule has 1 aliphatic heterocycles. The third-order valence-electron chi connectivity index (χ3n) is 6.12. The first kappa shape index (κ1) is 26.3. The molecule has 1 aliphatic rings. The van der Waals surface area contributed by atoms with E-state index in [-0.39, 0.29) is 29.9 Å². The van der Waals surface area contributed by atoms with Gasteiger partial charge in [-0.3, -0.25) is 4.79 Å². The molecule has 2 aromatic rings. The Bertz CT molecular complexity index is 1120. The van der Waals surface area contributed by atoms with E-state index in [1.165, 1.54) is 35.6 Å². The van der Waals surface area contributed by atoms with Crippen molar-refractivity contribution in [3.05, 3.63) is 53.1 Å². The second kappa shape index (κ2) is 10.5. The molecular formula is C24H32ClN3O5S. The van der Waals surface area contributed by atoms with Crippen LogP contribution >= 0.6 is 11.6 Å². The van der Waals surface area contributed by atoms with Gasteiger partial charge in [-0.05, 0) is 49.4 Å². The van der Waals surface area contributed by atoms with Crippen molar-refractivity contribution >= 4 is 33.2 Å². The van der Waals surface area contributed by atoms with Gasteiger partial charge in [0.15, 0.2) is 0 Å². The predicted molar refractivity (Wildman–Crippen MR) is 133 cm³/mol. The molecule has 10 heteroatoms. The Morgan fingerprint density at radius 1 is 1.18 bits per heavy atom. The highest BCUT2D eigenvalue weighted by Gasteiger charge is 2.35. The summed E-state index contributed by atoms with van der Waals surface area (Å²) in [7, 11) is 1.50. The van der Waals surface area contributed by atoms with Gasteiger partial charge in [0.2, 0.25) is 10.0 Å². The molecule has 1 N–H and O–H groups in total. The lowest BCUT2D eigenvalue weighted by Gasteiger charge is -2.38. The van der Waals surface area contributed by atoms with Crippen LogP contribution in [-0.2, 0) is 10.0 Å². The quantitative estimate of drug-likeness (QED) is 0.617. The fourth-order valence-corrected chi connectivity index (χ4v) is 5.15. The number of hydrogen-bond donors (Lipinski definition) is 1. The lowest BCUT2D eigenvalue weighted by Crippen LogP contribution is -2.50. The van der Waals surface area contributed by atoms with Crippen LogP contribution < -0.4 is 9.64 Å². The molecule has 3 rings (SSSR count). The standard InChI is InChI=1S/C24H32ClN3O5S/c1-16-13-28(17(2)15-29)24(30)21-12-19(26(3)4)8-11-22(21)33-23(16)14-27(5)34(31,32)20-9-6-18(25)7-10-20/h6-12,16-17,23,29H,13-15H2,1-5H3/t16-,17+,23+/m1/s1. The molecule has 0 saturated heterocycles. The molecule has 0 bridgehead atoms. The number of carbonyl (C=O) groups excluding carboxylic acids is 1. The zero-order valence-electron chi connectivity index (χ0n) is 20.1. The highest BCUT2D eigenvalue weighted by atomic mass is 35.5. The summed E-state index contributed by atoms with van der Waals surface area (Å²) in [6.07, 6.45) is -0.530. The van der Waals surface area contributed by atoms with Crippen LogP contribution in [-0.4, -0.2) is 81.6 Å². The van der Waals surface area contributed by atoms with Crippen LogP contribution in [0.25, 0.3) is 0 Å². The maximum atomic E-state index is 13.4. The van der Waals surface area contributed by atoms with E-state index in [2.05, 4.69) is 0 Å². The first-order valence-corrected chi connectivity index (χ1v) is 12.9. The van der Waals surface area contributed by atoms with Crippen LogP contribution in [0.2, 0.25) is 5.02 Å². The number of benzene rings is 2. The van der Waals surface area contributed by atoms with E-state index >= 15 is 0 Å². The first-order chi connectivity index (χ1) is 15.9. The summed E-state index contributed by atoms with van der Waals surface area (Å²) in [5, 5.41) is 10.2. The number of nitrogens with zero attached hydrogens (tertiary/aromatic N) is 3. The van der Waals surface area contributed by atoms with Crippen LogP contribution in [0.4, 0.5) is 5.69 Å². The van der Waals surface area contributed by atoms with Gasteiger partial charge in [0.25, 0.3) is 5.91 Å². The van der Waals surface area contributed by atoms with Gasteiger partial charge in [-0.2, -0.15) is 4.31 Å². The number of aliphatic hydroxyl groups excluding tert-OH is 1. The number of likely N-dealkylation sites (N-methyl/N-ethyl adjacent to an activating group) is 1.